The smallest absolute Gasteiger partial charge is 0.250 e. The Bertz CT molecular complexity index is 629. The first kappa shape index (κ1) is 14.2. The molecule has 0 atom stereocenters. The van der Waals surface area contributed by atoms with Crippen LogP contribution in [0.5, 0.6) is 5.75 Å². The van der Waals surface area contributed by atoms with Crippen LogP contribution < -0.4 is 15.8 Å². The summed E-state index contributed by atoms with van der Waals surface area (Å²) in [6.07, 6.45) is 0. The molecule has 0 heterocycles. The van der Waals surface area contributed by atoms with Crippen LogP contribution in [0, 0.1) is 0 Å². The second-order valence-electron chi connectivity index (χ2n) is 4.26. The molecule has 0 aliphatic rings. The Morgan fingerprint density at radius 2 is 2.10 bits per heavy atom. The monoisotopic (exact) mass is 290 g/mol. The summed E-state index contributed by atoms with van der Waals surface area (Å²) in [5.74, 6) is 0.262. The Hall–Kier alpha value is -2.20. The second-order valence-corrected chi connectivity index (χ2v) is 4.67. The summed E-state index contributed by atoms with van der Waals surface area (Å²) in [5.41, 5.74) is 7.42. The fourth-order valence-electron chi connectivity index (χ4n) is 1.81. The molecular weight excluding hydrogens is 276 g/mol. The van der Waals surface area contributed by atoms with E-state index in [1.807, 2.05) is 24.3 Å². The Morgan fingerprint density at radius 3 is 2.80 bits per heavy atom. The zero-order chi connectivity index (χ0) is 14.5. The van der Waals surface area contributed by atoms with Crippen molar-refractivity contribution < 1.29 is 9.53 Å². The largest absolute Gasteiger partial charge is 0.497 e. The molecule has 0 bridgehead atoms. The number of nitrogens with one attached hydrogen (secondary N) is 1. The van der Waals surface area contributed by atoms with E-state index in [9.17, 15) is 4.79 Å². The van der Waals surface area contributed by atoms with Gasteiger partial charge in [-0.05, 0) is 35.9 Å². The molecule has 104 valence electrons. The lowest BCUT2D eigenvalue weighted by Gasteiger charge is -2.09. The third kappa shape index (κ3) is 3.42. The number of ether oxygens (including phenoxy) is 1. The van der Waals surface area contributed by atoms with E-state index in [-0.39, 0.29) is 0 Å². The highest BCUT2D eigenvalue weighted by Gasteiger charge is 2.07. The average Bonchev–Trinajstić information content (AvgIpc) is 2.46. The van der Waals surface area contributed by atoms with E-state index in [2.05, 4.69) is 5.32 Å². The minimum absolute atomic E-state index is 0.308. The standard InChI is InChI=1S/C15H15ClN2O2/c1-20-12-4-2-3-10(7-12)9-18-11-5-6-14(16)13(8-11)15(17)19/h2-8,18H,9H2,1H3,(H2,17,19). The topological polar surface area (TPSA) is 64.3 Å². The Balaban J connectivity index is 2.10. The van der Waals surface area contributed by atoms with Crippen molar-refractivity contribution >= 4 is 23.2 Å². The van der Waals surface area contributed by atoms with Gasteiger partial charge in [0.15, 0.2) is 0 Å². The van der Waals surface area contributed by atoms with Crippen LogP contribution in [0.1, 0.15) is 15.9 Å². The molecule has 0 saturated carbocycles. The van der Waals surface area contributed by atoms with E-state index in [1.165, 1.54) is 0 Å². The van der Waals surface area contributed by atoms with Crippen LogP contribution in [0.3, 0.4) is 0 Å². The van der Waals surface area contributed by atoms with Gasteiger partial charge in [0, 0.05) is 12.2 Å². The van der Waals surface area contributed by atoms with Crippen molar-refractivity contribution in [3.8, 4) is 5.75 Å². The van der Waals surface area contributed by atoms with Gasteiger partial charge in [-0.15, -0.1) is 0 Å². The third-order valence-corrected chi connectivity index (χ3v) is 3.19. The van der Waals surface area contributed by atoms with Crippen molar-refractivity contribution in [3.63, 3.8) is 0 Å². The number of benzene rings is 2. The summed E-state index contributed by atoms with van der Waals surface area (Å²) in [4.78, 5) is 11.2. The fraction of sp³-hybridized carbons (Fsp3) is 0.133. The number of amides is 1. The quantitative estimate of drug-likeness (QED) is 0.889. The van der Waals surface area contributed by atoms with E-state index in [1.54, 1.807) is 25.3 Å². The number of halogens is 1. The number of carbonyl (C=O) groups excluding carboxylic acids is 1. The van der Waals surface area contributed by atoms with Crippen LogP contribution >= 0.6 is 11.6 Å². The van der Waals surface area contributed by atoms with E-state index in [4.69, 9.17) is 22.1 Å². The molecule has 2 aromatic rings. The molecule has 3 N–H and O–H groups in total. The highest BCUT2D eigenvalue weighted by molar-refractivity contribution is 6.33. The van der Waals surface area contributed by atoms with Crippen molar-refractivity contribution in [1.29, 1.82) is 0 Å². The van der Waals surface area contributed by atoms with Gasteiger partial charge in [-0.3, -0.25) is 4.79 Å². The maximum atomic E-state index is 11.2. The zero-order valence-electron chi connectivity index (χ0n) is 11.0. The van der Waals surface area contributed by atoms with Crippen molar-refractivity contribution in [2.45, 2.75) is 6.54 Å². The molecule has 0 aliphatic heterocycles. The summed E-state index contributed by atoms with van der Waals surface area (Å²) in [7, 11) is 1.63. The van der Waals surface area contributed by atoms with E-state index >= 15 is 0 Å². The Labute approximate surface area is 122 Å². The molecule has 20 heavy (non-hydrogen) atoms. The molecular formula is C15H15ClN2O2. The van der Waals surface area contributed by atoms with Gasteiger partial charge >= 0.3 is 0 Å². The van der Waals surface area contributed by atoms with Crippen LogP contribution in [0.4, 0.5) is 5.69 Å². The summed E-state index contributed by atoms with van der Waals surface area (Å²) in [6, 6.07) is 12.8. The van der Waals surface area contributed by atoms with E-state index in [0.717, 1.165) is 17.0 Å². The normalized spacial score (nSPS) is 10.1. The first-order valence-corrected chi connectivity index (χ1v) is 6.44. The molecule has 0 fully saturated rings. The lowest BCUT2D eigenvalue weighted by atomic mass is 10.1. The number of carbonyl (C=O) groups is 1. The number of methoxy groups -OCH3 is 1. The molecule has 2 aromatic carbocycles. The van der Waals surface area contributed by atoms with Gasteiger partial charge in [-0.2, -0.15) is 0 Å². The minimum atomic E-state index is -0.542. The molecule has 0 spiro atoms. The van der Waals surface area contributed by atoms with Gasteiger partial charge in [0.1, 0.15) is 5.75 Å². The van der Waals surface area contributed by atoms with Crippen LogP contribution in [0.15, 0.2) is 42.5 Å². The lowest BCUT2D eigenvalue weighted by Crippen LogP contribution is -2.12. The van der Waals surface area contributed by atoms with Crippen LogP contribution in [-0.2, 0) is 6.54 Å². The minimum Gasteiger partial charge on any atom is -0.497 e. The summed E-state index contributed by atoms with van der Waals surface area (Å²) in [5, 5.41) is 3.56. The summed E-state index contributed by atoms with van der Waals surface area (Å²) in [6.45, 7) is 0.608. The molecule has 0 unspecified atom stereocenters. The molecule has 4 nitrogen and oxygen atoms in total. The highest BCUT2D eigenvalue weighted by Crippen LogP contribution is 2.21. The molecule has 2 rings (SSSR count). The Morgan fingerprint density at radius 1 is 1.30 bits per heavy atom. The number of anilines is 1. The fourth-order valence-corrected chi connectivity index (χ4v) is 2.02. The first-order valence-electron chi connectivity index (χ1n) is 6.06. The number of hydrogen-bond donors (Lipinski definition) is 2. The number of hydrogen-bond acceptors (Lipinski definition) is 3. The molecule has 1 amide bonds. The maximum Gasteiger partial charge on any atom is 0.250 e. The zero-order valence-corrected chi connectivity index (χ0v) is 11.8. The average molecular weight is 291 g/mol. The van der Waals surface area contributed by atoms with Crippen LogP contribution in [-0.4, -0.2) is 13.0 Å². The second kappa shape index (κ2) is 6.30. The predicted octanol–water partition coefficient (Wildman–Crippen LogP) is 3.06. The van der Waals surface area contributed by atoms with Crippen LogP contribution in [0.25, 0.3) is 0 Å². The van der Waals surface area contributed by atoms with Crippen molar-refractivity contribution in [2.24, 2.45) is 5.73 Å². The van der Waals surface area contributed by atoms with E-state index < -0.39 is 5.91 Å². The first-order chi connectivity index (χ1) is 9.60. The van der Waals surface area contributed by atoms with Crippen LogP contribution in [0.2, 0.25) is 5.02 Å². The number of nitrogens with two attached hydrogens (primary N) is 1. The van der Waals surface area contributed by atoms with Gasteiger partial charge < -0.3 is 15.8 Å². The van der Waals surface area contributed by atoms with Crippen molar-refractivity contribution in [2.75, 3.05) is 12.4 Å². The SMILES string of the molecule is COc1cccc(CNc2ccc(Cl)c(C(N)=O)c2)c1. The number of primary amides is 1. The Kier molecular flexibility index (Phi) is 4.48. The van der Waals surface area contributed by atoms with Gasteiger partial charge in [-0.25, -0.2) is 0 Å². The molecule has 5 heteroatoms. The maximum absolute atomic E-state index is 11.2. The van der Waals surface area contributed by atoms with Gasteiger partial charge in [-0.1, -0.05) is 23.7 Å². The van der Waals surface area contributed by atoms with Crippen molar-refractivity contribution in [3.05, 3.63) is 58.6 Å². The summed E-state index contributed by atoms with van der Waals surface area (Å²) < 4.78 is 5.17. The molecule has 0 aliphatic carbocycles. The highest BCUT2D eigenvalue weighted by atomic mass is 35.5. The summed E-state index contributed by atoms with van der Waals surface area (Å²) >= 11 is 5.90. The molecule has 0 radical (unpaired) electrons. The number of rotatable bonds is 5. The van der Waals surface area contributed by atoms with Gasteiger partial charge in [0.05, 0.1) is 17.7 Å². The lowest BCUT2D eigenvalue weighted by molar-refractivity contribution is 0.100. The van der Waals surface area contributed by atoms with E-state index in [0.29, 0.717) is 17.1 Å². The third-order valence-electron chi connectivity index (χ3n) is 2.86. The van der Waals surface area contributed by atoms with Gasteiger partial charge in [0.25, 0.3) is 0 Å². The predicted molar refractivity (Wildman–Crippen MR) is 80.3 cm³/mol. The van der Waals surface area contributed by atoms with Crippen molar-refractivity contribution in [1.82, 2.24) is 0 Å². The molecule has 0 aromatic heterocycles. The van der Waals surface area contributed by atoms with Gasteiger partial charge in [0.2, 0.25) is 5.91 Å². The molecule has 0 saturated heterocycles.